The Morgan fingerprint density at radius 2 is 2.15 bits per heavy atom. The Hall–Kier alpha value is -2.01. The van der Waals surface area contributed by atoms with Gasteiger partial charge in [0.25, 0.3) is 0 Å². The van der Waals surface area contributed by atoms with Crippen molar-refractivity contribution in [3.05, 3.63) is 30.0 Å². The lowest BCUT2D eigenvalue weighted by Crippen LogP contribution is -2.20. The number of anilines is 1. The standard InChI is InChI=1S/C15H19NO4/c1-2-9-19-13-6-5-12(20-10-3-8-17)11-4-7-14(18)16-15(11)13/h2,5-6,9,17H,3-4,7-8,10H2,1H3,(H,16,18)/b9-2-. The van der Waals surface area contributed by atoms with Crippen LogP contribution in [0.4, 0.5) is 5.69 Å². The van der Waals surface area contributed by atoms with Crippen LogP contribution < -0.4 is 14.8 Å². The van der Waals surface area contributed by atoms with Crippen molar-refractivity contribution >= 4 is 11.6 Å². The molecule has 2 N–H and O–H groups in total. The topological polar surface area (TPSA) is 67.8 Å². The normalized spacial score (nSPS) is 14.0. The third-order valence-electron chi connectivity index (χ3n) is 2.99. The molecule has 108 valence electrons. The van der Waals surface area contributed by atoms with E-state index >= 15 is 0 Å². The van der Waals surface area contributed by atoms with Crippen LogP contribution in [-0.2, 0) is 11.2 Å². The molecule has 1 heterocycles. The van der Waals surface area contributed by atoms with Crippen molar-refractivity contribution < 1.29 is 19.4 Å². The molecule has 2 rings (SSSR count). The van der Waals surface area contributed by atoms with Crippen LogP contribution in [0.1, 0.15) is 25.3 Å². The summed E-state index contributed by atoms with van der Waals surface area (Å²) >= 11 is 0. The van der Waals surface area contributed by atoms with Crippen molar-refractivity contribution in [2.75, 3.05) is 18.5 Å². The molecule has 1 aromatic carbocycles. The maximum atomic E-state index is 11.6. The summed E-state index contributed by atoms with van der Waals surface area (Å²) < 4.78 is 11.1. The number of nitrogens with one attached hydrogen (secondary N) is 1. The fourth-order valence-electron chi connectivity index (χ4n) is 2.05. The maximum absolute atomic E-state index is 11.6. The van der Waals surface area contributed by atoms with Gasteiger partial charge in [-0.3, -0.25) is 4.79 Å². The second kappa shape index (κ2) is 6.96. The van der Waals surface area contributed by atoms with Crippen molar-refractivity contribution in [1.29, 1.82) is 0 Å². The monoisotopic (exact) mass is 277 g/mol. The number of amides is 1. The number of aliphatic hydroxyl groups excluding tert-OH is 1. The van der Waals surface area contributed by atoms with E-state index in [4.69, 9.17) is 14.6 Å². The minimum absolute atomic E-state index is 0.0182. The van der Waals surface area contributed by atoms with Crippen molar-refractivity contribution in [3.8, 4) is 11.5 Å². The first kappa shape index (κ1) is 14.4. The van der Waals surface area contributed by atoms with E-state index in [1.165, 1.54) is 0 Å². The van der Waals surface area contributed by atoms with Gasteiger partial charge in [0.1, 0.15) is 5.75 Å². The van der Waals surface area contributed by atoms with Crippen molar-refractivity contribution in [2.45, 2.75) is 26.2 Å². The lowest BCUT2D eigenvalue weighted by Gasteiger charge is -2.22. The van der Waals surface area contributed by atoms with Crippen LogP contribution in [0.5, 0.6) is 11.5 Å². The van der Waals surface area contributed by atoms with E-state index < -0.39 is 0 Å². The highest BCUT2D eigenvalue weighted by Crippen LogP contribution is 2.39. The third-order valence-corrected chi connectivity index (χ3v) is 2.99. The Bertz CT molecular complexity index is 511. The molecule has 0 spiro atoms. The zero-order valence-corrected chi connectivity index (χ0v) is 11.5. The molecular formula is C15H19NO4. The molecule has 5 heteroatoms. The van der Waals surface area contributed by atoms with Gasteiger partial charge in [-0.2, -0.15) is 0 Å². The molecule has 20 heavy (non-hydrogen) atoms. The van der Waals surface area contributed by atoms with Crippen LogP contribution in [0.25, 0.3) is 0 Å². The highest BCUT2D eigenvalue weighted by molar-refractivity contribution is 5.96. The smallest absolute Gasteiger partial charge is 0.224 e. The minimum atomic E-state index is -0.0182. The van der Waals surface area contributed by atoms with Gasteiger partial charge in [-0.25, -0.2) is 0 Å². The maximum Gasteiger partial charge on any atom is 0.224 e. The van der Waals surface area contributed by atoms with Gasteiger partial charge in [-0.1, -0.05) is 6.08 Å². The lowest BCUT2D eigenvalue weighted by molar-refractivity contribution is -0.116. The molecule has 1 amide bonds. The molecule has 0 aliphatic carbocycles. The summed E-state index contributed by atoms with van der Waals surface area (Å²) in [5, 5.41) is 11.6. The van der Waals surface area contributed by atoms with Gasteiger partial charge in [0.2, 0.25) is 5.91 Å². The van der Waals surface area contributed by atoms with Gasteiger partial charge in [0, 0.05) is 25.0 Å². The molecule has 0 aromatic heterocycles. The van der Waals surface area contributed by atoms with Crippen LogP contribution in [0.3, 0.4) is 0 Å². The summed E-state index contributed by atoms with van der Waals surface area (Å²) in [4.78, 5) is 11.6. The highest BCUT2D eigenvalue weighted by Gasteiger charge is 2.22. The SMILES string of the molecule is C/C=C\Oc1ccc(OCCCO)c2c1NC(=O)CC2. The average Bonchev–Trinajstić information content (AvgIpc) is 2.46. The van der Waals surface area contributed by atoms with Crippen LogP contribution in [-0.4, -0.2) is 24.2 Å². The summed E-state index contributed by atoms with van der Waals surface area (Å²) in [5.74, 6) is 1.33. The van der Waals surface area contributed by atoms with Crippen molar-refractivity contribution in [2.24, 2.45) is 0 Å². The number of carbonyl (C=O) groups excluding carboxylic acids is 1. The number of aliphatic hydroxyl groups is 1. The van der Waals surface area contributed by atoms with E-state index in [0.717, 1.165) is 11.3 Å². The largest absolute Gasteiger partial charge is 0.493 e. The van der Waals surface area contributed by atoms with Crippen LogP contribution in [0.2, 0.25) is 0 Å². The molecule has 1 aliphatic rings. The second-order valence-electron chi connectivity index (χ2n) is 4.48. The van der Waals surface area contributed by atoms with Gasteiger partial charge >= 0.3 is 0 Å². The molecule has 1 aromatic rings. The molecule has 0 unspecified atom stereocenters. The molecule has 0 fully saturated rings. The number of fused-ring (bicyclic) bond motifs is 1. The Morgan fingerprint density at radius 3 is 2.90 bits per heavy atom. The second-order valence-corrected chi connectivity index (χ2v) is 4.48. The number of hydrogen-bond donors (Lipinski definition) is 2. The molecule has 1 aliphatic heterocycles. The number of benzene rings is 1. The van der Waals surface area contributed by atoms with Gasteiger partial charge in [-0.05, 0) is 25.5 Å². The molecule has 0 bridgehead atoms. The molecular weight excluding hydrogens is 258 g/mol. The van der Waals surface area contributed by atoms with E-state index in [1.54, 1.807) is 18.4 Å². The van der Waals surface area contributed by atoms with E-state index in [-0.39, 0.29) is 12.5 Å². The van der Waals surface area contributed by atoms with Crippen LogP contribution in [0, 0.1) is 0 Å². The van der Waals surface area contributed by atoms with Gasteiger partial charge in [0.05, 0.1) is 18.6 Å². The van der Waals surface area contributed by atoms with E-state index in [0.29, 0.717) is 37.3 Å². The molecule has 0 saturated carbocycles. The summed E-state index contributed by atoms with van der Waals surface area (Å²) in [6.45, 7) is 2.41. The molecule has 0 saturated heterocycles. The summed E-state index contributed by atoms with van der Waals surface area (Å²) in [5.41, 5.74) is 1.63. The predicted molar refractivity (Wildman–Crippen MR) is 76.0 cm³/mol. The fraction of sp³-hybridized carbons (Fsp3) is 0.400. The number of allylic oxidation sites excluding steroid dienone is 1. The summed E-state index contributed by atoms with van der Waals surface area (Å²) in [6.07, 6.45) is 5.00. The predicted octanol–water partition coefficient (Wildman–Crippen LogP) is 2.24. The third kappa shape index (κ3) is 3.30. The van der Waals surface area contributed by atoms with E-state index in [1.807, 2.05) is 13.0 Å². The van der Waals surface area contributed by atoms with Crippen LogP contribution in [0.15, 0.2) is 24.5 Å². The highest BCUT2D eigenvalue weighted by atomic mass is 16.5. The number of hydrogen-bond acceptors (Lipinski definition) is 4. The number of ether oxygens (including phenoxy) is 2. The molecule has 0 atom stereocenters. The Balaban J connectivity index is 2.27. The quantitative estimate of drug-likeness (QED) is 0.618. The first-order chi connectivity index (χ1) is 9.76. The first-order valence-corrected chi connectivity index (χ1v) is 6.73. The van der Waals surface area contributed by atoms with Gasteiger partial charge < -0.3 is 19.9 Å². The first-order valence-electron chi connectivity index (χ1n) is 6.73. The van der Waals surface area contributed by atoms with Crippen molar-refractivity contribution in [3.63, 3.8) is 0 Å². The van der Waals surface area contributed by atoms with Crippen LogP contribution >= 0.6 is 0 Å². The summed E-state index contributed by atoms with van der Waals surface area (Å²) in [7, 11) is 0. The van der Waals surface area contributed by atoms with Gasteiger partial charge in [-0.15, -0.1) is 0 Å². The van der Waals surface area contributed by atoms with E-state index in [9.17, 15) is 4.79 Å². The lowest BCUT2D eigenvalue weighted by atomic mass is 10.0. The van der Waals surface area contributed by atoms with E-state index in [2.05, 4.69) is 5.32 Å². The Kier molecular flexibility index (Phi) is 5.01. The minimum Gasteiger partial charge on any atom is -0.493 e. The molecule has 5 nitrogen and oxygen atoms in total. The fourth-order valence-corrected chi connectivity index (χ4v) is 2.05. The van der Waals surface area contributed by atoms with Crippen molar-refractivity contribution in [1.82, 2.24) is 0 Å². The zero-order chi connectivity index (χ0) is 14.4. The molecule has 0 radical (unpaired) electrons. The Morgan fingerprint density at radius 1 is 1.35 bits per heavy atom. The zero-order valence-electron chi connectivity index (χ0n) is 11.5. The summed E-state index contributed by atoms with van der Waals surface area (Å²) in [6, 6.07) is 3.62. The number of carbonyl (C=O) groups is 1. The number of rotatable bonds is 6. The Labute approximate surface area is 118 Å². The van der Waals surface area contributed by atoms with Gasteiger partial charge in [0.15, 0.2) is 5.75 Å². The average molecular weight is 277 g/mol.